The number of rotatable bonds is 3. The molecule has 1 aromatic heterocycles. The van der Waals surface area contributed by atoms with Crippen LogP contribution in [-0.4, -0.2) is 15.1 Å². The predicted octanol–water partition coefficient (Wildman–Crippen LogP) is 2.64. The summed E-state index contributed by atoms with van der Waals surface area (Å²) in [4.78, 5) is 18.0. The third kappa shape index (κ3) is 2.62. The van der Waals surface area contributed by atoms with Gasteiger partial charge in [0.1, 0.15) is 5.82 Å². The smallest absolute Gasteiger partial charge is 0.263 e. The molecule has 4 nitrogen and oxygen atoms in total. The maximum Gasteiger partial charge on any atom is 0.263 e. The molecule has 2 aromatic rings. The molecule has 2 N–H and O–H groups in total. The van der Waals surface area contributed by atoms with Crippen LogP contribution in [0.5, 0.6) is 5.88 Å². The molecule has 2 rings (SSSR count). The minimum Gasteiger partial charge on any atom is -0.493 e. The predicted molar refractivity (Wildman–Crippen MR) is 66.3 cm³/mol. The van der Waals surface area contributed by atoms with E-state index in [0.29, 0.717) is 12.0 Å². The van der Waals surface area contributed by atoms with Gasteiger partial charge in [0, 0.05) is 11.1 Å². The molecule has 0 unspecified atom stereocenters. The van der Waals surface area contributed by atoms with Crippen molar-refractivity contribution in [2.75, 3.05) is 0 Å². The molecule has 1 heterocycles. The van der Waals surface area contributed by atoms with E-state index < -0.39 is 12.0 Å². The van der Waals surface area contributed by atoms with Gasteiger partial charge >= 0.3 is 0 Å². The molecule has 0 aliphatic rings. The van der Waals surface area contributed by atoms with Crippen LogP contribution in [0.25, 0.3) is 11.4 Å². The molecule has 6 heteroatoms. The van der Waals surface area contributed by atoms with Gasteiger partial charge in [-0.2, -0.15) is 4.98 Å². The van der Waals surface area contributed by atoms with Crippen LogP contribution in [-0.2, 0) is 6.42 Å². The molecule has 0 fully saturated rings. The van der Waals surface area contributed by atoms with Gasteiger partial charge in [0.2, 0.25) is 5.88 Å². The zero-order valence-electron chi connectivity index (χ0n) is 10.2. The van der Waals surface area contributed by atoms with Gasteiger partial charge in [-0.25, -0.2) is 8.78 Å². The van der Waals surface area contributed by atoms with E-state index in [0.717, 1.165) is 0 Å². The standard InChI is InChI=1S/C13H12F2N2O2/c1-2-9-12(18)16-11(17-13(9)19)8-5-3-7(4-6-8)10(14)15/h3-6,10H,2H2,1H3,(H2,16,17,18,19). The lowest BCUT2D eigenvalue weighted by molar-refractivity contribution is 0.151. The minimum atomic E-state index is -2.54. The zero-order chi connectivity index (χ0) is 14.0. The van der Waals surface area contributed by atoms with E-state index in [-0.39, 0.29) is 22.8 Å². The first-order chi connectivity index (χ1) is 9.02. The highest BCUT2D eigenvalue weighted by Gasteiger charge is 2.11. The fraction of sp³-hybridized carbons (Fsp3) is 0.231. The summed E-state index contributed by atoms with van der Waals surface area (Å²) in [5.41, 5.74) is 0.121. The molecule has 0 aliphatic carbocycles. The topological polar surface area (TPSA) is 66.0 Å². The molecule has 0 amide bonds. The summed E-state index contributed by atoms with van der Waals surface area (Å²) in [7, 11) is 0. The third-order valence-electron chi connectivity index (χ3n) is 2.78. The molecule has 100 valence electrons. The number of aromatic nitrogens is 2. The SMILES string of the molecule is CCc1c(O)nc(-c2ccc(C(F)F)cc2)[nH]c1=O. The summed E-state index contributed by atoms with van der Waals surface area (Å²) in [5, 5.41) is 9.63. The highest BCUT2D eigenvalue weighted by atomic mass is 19.3. The first kappa shape index (κ1) is 13.2. The lowest BCUT2D eigenvalue weighted by Gasteiger charge is -2.05. The molecular formula is C13H12F2N2O2. The number of nitrogens with zero attached hydrogens (tertiary/aromatic N) is 1. The average molecular weight is 266 g/mol. The Labute approximate surface area is 107 Å². The van der Waals surface area contributed by atoms with E-state index in [1.165, 1.54) is 24.3 Å². The number of aromatic amines is 1. The molecule has 0 saturated heterocycles. The van der Waals surface area contributed by atoms with E-state index in [1.807, 2.05) is 0 Å². The molecule has 0 aliphatic heterocycles. The summed E-state index contributed by atoms with van der Waals surface area (Å²) in [5.74, 6) is -0.181. The van der Waals surface area contributed by atoms with Crippen molar-refractivity contribution in [3.8, 4) is 17.3 Å². The van der Waals surface area contributed by atoms with Gasteiger partial charge in [0.25, 0.3) is 12.0 Å². The van der Waals surface area contributed by atoms with Crippen molar-refractivity contribution in [2.24, 2.45) is 0 Å². The summed E-state index contributed by atoms with van der Waals surface area (Å²) >= 11 is 0. The van der Waals surface area contributed by atoms with E-state index in [9.17, 15) is 18.7 Å². The average Bonchev–Trinajstić information content (AvgIpc) is 2.38. The number of nitrogens with one attached hydrogen (secondary N) is 1. The highest BCUT2D eigenvalue weighted by molar-refractivity contribution is 5.56. The largest absolute Gasteiger partial charge is 0.493 e. The summed E-state index contributed by atoms with van der Waals surface area (Å²) in [6.07, 6.45) is -2.18. The number of aromatic hydroxyl groups is 1. The van der Waals surface area contributed by atoms with Gasteiger partial charge < -0.3 is 10.1 Å². The van der Waals surface area contributed by atoms with Gasteiger partial charge in [-0.3, -0.25) is 4.79 Å². The summed E-state index contributed by atoms with van der Waals surface area (Å²) in [6.45, 7) is 1.73. The number of H-pyrrole nitrogens is 1. The van der Waals surface area contributed by atoms with Crippen LogP contribution < -0.4 is 5.56 Å². The first-order valence-electron chi connectivity index (χ1n) is 5.73. The van der Waals surface area contributed by atoms with Crippen LogP contribution in [0.4, 0.5) is 8.78 Å². The second kappa shape index (κ2) is 5.17. The highest BCUT2D eigenvalue weighted by Crippen LogP contribution is 2.23. The zero-order valence-corrected chi connectivity index (χ0v) is 10.2. The van der Waals surface area contributed by atoms with Crippen molar-refractivity contribution in [3.63, 3.8) is 0 Å². The van der Waals surface area contributed by atoms with Crippen molar-refractivity contribution in [3.05, 3.63) is 45.7 Å². The van der Waals surface area contributed by atoms with Gasteiger partial charge in [-0.1, -0.05) is 31.2 Å². The molecule has 1 aromatic carbocycles. The Kier molecular flexibility index (Phi) is 3.59. The maximum absolute atomic E-state index is 12.4. The fourth-order valence-corrected chi connectivity index (χ4v) is 1.73. The molecular weight excluding hydrogens is 254 g/mol. The number of halogens is 2. The lowest BCUT2D eigenvalue weighted by atomic mass is 10.1. The van der Waals surface area contributed by atoms with Gasteiger partial charge in [0.15, 0.2) is 0 Å². The van der Waals surface area contributed by atoms with Crippen molar-refractivity contribution >= 4 is 0 Å². The Hall–Kier alpha value is -2.24. The molecule has 19 heavy (non-hydrogen) atoms. The van der Waals surface area contributed by atoms with E-state index in [2.05, 4.69) is 9.97 Å². The minimum absolute atomic E-state index is 0.111. The Morgan fingerprint density at radius 3 is 2.42 bits per heavy atom. The number of hydrogen-bond acceptors (Lipinski definition) is 3. The van der Waals surface area contributed by atoms with Crippen molar-refractivity contribution in [1.29, 1.82) is 0 Å². The first-order valence-corrected chi connectivity index (χ1v) is 5.73. The molecule has 0 spiro atoms. The molecule has 0 saturated carbocycles. The van der Waals surface area contributed by atoms with Crippen LogP contribution in [0, 0.1) is 0 Å². The normalized spacial score (nSPS) is 10.9. The van der Waals surface area contributed by atoms with E-state index in [4.69, 9.17) is 0 Å². The van der Waals surface area contributed by atoms with Gasteiger partial charge in [0.05, 0.1) is 5.56 Å². The summed E-state index contributed by atoms with van der Waals surface area (Å²) in [6, 6.07) is 5.35. The van der Waals surface area contributed by atoms with Crippen LogP contribution in [0.3, 0.4) is 0 Å². The fourth-order valence-electron chi connectivity index (χ4n) is 1.73. The Bertz CT molecular complexity index is 636. The molecule has 0 bridgehead atoms. The monoisotopic (exact) mass is 266 g/mol. The second-order valence-corrected chi connectivity index (χ2v) is 3.99. The third-order valence-corrected chi connectivity index (χ3v) is 2.78. The quantitative estimate of drug-likeness (QED) is 0.897. The second-order valence-electron chi connectivity index (χ2n) is 3.99. The van der Waals surface area contributed by atoms with Crippen LogP contribution in [0.15, 0.2) is 29.1 Å². The van der Waals surface area contributed by atoms with E-state index in [1.54, 1.807) is 6.92 Å². The lowest BCUT2D eigenvalue weighted by Crippen LogP contribution is -2.14. The van der Waals surface area contributed by atoms with Gasteiger partial charge in [-0.05, 0) is 6.42 Å². The Morgan fingerprint density at radius 1 is 1.32 bits per heavy atom. The van der Waals surface area contributed by atoms with Crippen LogP contribution in [0.1, 0.15) is 24.5 Å². The van der Waals surface area contributed by atoms with Crippen molar-refractivity contribution < 1.29 is 13.9 Å². The maximum atomic E-state index is 12.4. The Morgan fingerprint density at radius 2 is 1.95 bits per heavy atom. The molecule has 0 radical (unpaired) electrons. The van der Waals surface area contributed by atoms with Crippen molar-refractivity contribution in [1.82, 2.24) is 9.97 Å². The Balaban J connectivity index is 2.45. The van der Waals surface area contributed by atoms with Gasteiger partial charge in [-0.15, -0.1) is 0 Å². The van der Waals surface area contributed by atoms with Crippen LogP contribution in [0.2, 0.25) is 0 Å². The number of hydrogen-bond donors (Lipinski definition) is 2. The van der Waals surface area contributed by atoms with Crippen LogP contribution >= 0.6 is 0 Å². The summed E-state index contributed by atoms with van der Waals surface area (Å²) < 4.78 is 24.8. The van der Waals surface area contributed by atoms with E-state index >= 15 is 0 Å². The number of benzene rings is 1. The molecule has 0 atom stereocenters. The van der Waals surface area contributed by atoms with Crippen molar-refractivity contribution in [2.45, 2.75) is 19.8 Å². The number of alkyl halides is 2.